The van der Waals surface area contributed by atoms with Crippen LogP contribution in [0.25, 0.3) is 0 Å². The third-order valence-electron chi connectivity index (χ3n) is 2.99. The molecule has 1 N–H and O–H groups in total. The topological polar surface area (TPSA) is 38.7 Å². The monoisotopic (exact) mass is 340 g/mol. The number of aliphatic hydroxyl groups excluding tert-OH is 1. The minimum atomic E-state index is -1.12. The molecule has 0 spiro atoms. The maximum absolute atomic E-state index is 13.8. The molecule has 0 saturated heterocycles. The van der Waals surface area contributed by atoms with Crippen LogP contribution in [0.2, 0.25) is 0 Å². The van der Waals surface area contributed by atoms with Gasteiger partial charge in [0.1, 0.15) is 23.4 Å². The molecule has 0 aromatic heterocycles. The number of hydrogen-bond donors (Lipinski definition) is 1. The second-order valence-corrected chi connectivity index (χ2v) is 5.09. The van der Waals surface area contributed by atoms with Crippen molar-refractivity contribution in [2.24, 2.45) is 0 Å². The number of halogens is 2. The van der Waals surface area contributed by atoms with Crippen LogP contribution in [0.3, 0.4) is 0 Å². The Hall–Kier alpha value is -1.59. The lowest BCUT2D eigenvalue weighted by molar-refractivity contribution is 0.209. The molecule has 0 aliphatic rings. The maximum Gasteiger partial charge on any atom is 0.129 e. The molecule has 0 aliphatic carbocycles. The summed E-state index contributed by atoms with van der Waals surface area (Å²) in [7, 11) is 3.03. The molecule has 2 rings (SSSR count). The lowest BCUT2D eigenvalue weighted by Gasteiger charge is -2.17. The van der Waals surface area contributed by atoms with Gasteiger partial charge in [0.15, 0.2) is 0 Å². The summed E-state index contributed by atoms with van der Waals surface area (Å²) in [5, 5.41) is 10.4. The van der Waals surface area contributed by atoms with Crippen molar-refractivity contribution in [2.75, 3.05) is 14.2 Å². The predicted octanol–water partition coefficient (Wildman–Crippen LogP) is 3.69. The molecule has 0 bridgehead atoms. The van der Waals surface area contributed by atoms with Gasteiger partial charge in [-0.3, -0.25) is 0 Å². The van der Waals surface area contributed by atoms with E-state index in [-0.39, 0.29) is 5.56 Å². The minimum Gasteiger partial charge on any atom is -0.497 e. The lowest BCUT2D eigenvalue weighted by Crippen LogP contribution is -2.05. The number of methoxy groups -OCH3 is 2. The van der Waals surface area contributed by atoms with Crippen molar-refractivity contribution in [1.82, 2.24) is 0 Å². The van der Waals surface area contributed by atoms with Crippen LogP contribution >= 0.6 is 15.9 Å². The highest BCUT2D eigenvalue weighted by molar-refractivity contribution is 9.10. The van der Waals surface area contributed by atoms with Crippen LogP contribution in [-0.4, -0.2) is 19.3 Å². The van der Waals surface area contributed by atoms with Gasteiger partial charge in [-0.1, -0.05) is 15.9 Å². The first-order chi connectivity index (χ1) is 9.56. The number of rotatable bonds is 4. The zero-order valence-corrected chi connectivity index (χ0v) is 12.6. The molecule has 2 aromatic rings. The average Bonchev–Trinajstić information content (AvgIpc) is 2.48. The van der Waals surface area contributed by atoms with Crippen LogP contribution in [0.5, 0.6) is 11.5 Å². The van der Waals surface area contributed by atoms with Gasteiger partial charge < -0.3 is 14.6 Å². The zero-order valence-electron chi connectivity index (χ0n) is 11.1. The molecule has 1 atom stereocenters. The third kappa shape index (κ3) is 2.94. The summed E-state index contributed by atoms with van der Waals surface area (Å²) in [6, 6.07) is 9.42. The molecule has 2 aromatic carbocycles. The number of benzene rings is 2. The van der Waals surface area contributed by atoms with Crippen molar-refractivity contribution in [2.45, 2.75) is 6.10 Å². The van der Waals surface area contributed by atoms with Gasteiger partial charge in [-0.25, -0.2) is 4.39 Å². The van der Waals surface area contributed by atoms with E-state index in [1.165, 1.54) is 13.2 Å². The first kappa shape index (κ1) is 14.8. The van der Waals surface area contributed by atoms with E-state index >= 15 is 0 Å². The highest BCUT2D eigenvalue weighted by Gasteiger charge is 2.19. The Balaban J connectivity index is 2.47. The van der Waals surface area contributed by atoms with Crippen LogP contribution in [0.4, 0.5) is 4.39 Å². The fraction of sp³-hybridized carbons (Fsp3) is 0.200. The fourth-order valence-electron chi connectivity index (χ4n) is 1.94. The molecule has 0 heterocycles. The van der Waals surface area contributed by atoms with Crippen LogP contribution in [-0.2, 0) is 0 Å². The van der Waals surface area contributed by atoms with Crippen molar-refractivity contribution in [3.8, 4) is 11.5 Å². The molecular formula is C15H14BrFO3. The number of ether oxygens (including phenoxy) is 2. The summed E-state index contributed by atoms with van der Waals surface area (Å²) in [5.41, 5.74) is 0.660. The summed E-state index contributed by atoms with van der Waals surface area (Å²) in [6.45, 7) is 0. The van der Waals surface area contributed by atoms with Crippen LogP contribution in [0.15, 0.2) is 40.9 Å². The molecule has 0 saturated carbocycles. The Kier molecular flexibility index (Phi) is 4.62. The number of aliphatic hydroxyl groups is 1. The summed E-state index contributed by atoms with van der Waals surface area (Å²) in [6.07, 6.45) is -1.12. The quantitative estimate of drug-likeness (QED) is 0.922. The SMILES string of the molecule is COc1ccc(C(O)c2cc(Br)ccc2F)c(OC)c1. The summed E-state index contributed by atoms with van der Waals surface area (Å²) < 4.78 is 24.9. The van der Waals surface area contributed by atoms with Gasteiger partial charge >= 0.3 is 0 Å². The van der Waals surface area contributed by atoms with E-state index in [1.807, 2.05) is 0 Å². The van der Waals surface area contributed by atoms with Gasteiger partial charge in [-0.2, -0.15) is 0 Å². The second kappa shape index (κ2) is 6.24. The fourth-order valence-corrected chi connectivity index (χ4v) is 2.31. The highest BCUT2D eigenvalue weighted by Crippen LogP contribution is 2.34. The average molecular weight is 341 g/mol. The molecule has 3 nitrogen and oxygen atoms in total. The third-order valence-corrected chi connectivity index (χ3v) is 3.48. The van der Waals surface area contributed by atoms with E-state index < -0.39 is 11.9 Å². The van der Waals surface area contributed by atoms with Gasteiger partial charge in [0.25, 0.3) is 0 Å². The standard InChI is InChI=1S/C15H14BrFO3/c1-19-10-4-5-11(14(8-10)20-2)15(18)12-7-9(16)3-6-13(12)17/h3-8,15,18H,1-2H3. The van der Waals surface area contributed by atoms with Crippen molar-refractivity contribution >= 4 is 15.9 Å². The Labute approximate surface area is 125 Å². The highest BCUT2D eigenvalue weighted by atomic mass is 79.9. The van der Waals surface area contributed by atoms with Crippen molar-refractivity contribution < 1.29 is 19.0 Å². The summed E-state index contributed by atoms with van der Waals surface area (Å²) in [5.74, 6) is 0.572. The minimum absolute atomic E-state index is 0.183. The molecule has 106 valence electrons. The van der Waals surface area contributed by atoms with E-state index in [9.17, 15) is 9.50 Å². The molecule has 20 heavy (non-hydrogen) atoms. The molecular weight excluding hydrogens is 327 g/mol. The molecule has 0 aliphatic heterocycles. The van der Waals surface area contributed by atoms with Gasteiger partial charge in [-0.15, -0.1) is 0 Å². The molecule has 0 fully saturated rings. The summed E-state index contributed by atoms with van der Waals surface area (Å²) in [4.78, 5) is 0. The van der Waals surface area contributed by atoms with E-state index in [1.54, 1.807) is 37.4 Å². The smallest absolute Gasteiger partial charge is 0.129 e. The van der Waals surface area contributed by atoms with E-state index in [0.29, 0.717) is 21.5 Å². The first-order valence-electron chi connectivity index (χ1n) is 5.91. The van der Waals surface area contributed by atoms with Gasteiger partial charge in [0.05, 0.1) is 14.2 Å². The molecule has 1 unspecified atom stereocenters. The largest absolute Gasteiger partial charge is 0.497 e. The van der Waals surface area contributed by atoms with E-state index in [0.717, 1.165) is 0 Å². The Morgan fingerprint density at radius 2 is 1.80 bits per heavy atom. The van der Waals surface area contributed by atoms with Gasteiger partial charge in [0.2, 0.25) is 0 Å². The van der Waals surface area contributed by atoms with Crippen molar-refractivity contribution in [3.63, 3.8) is 0 Å². The molecule has 0 amide bonds. The van der Waals surface area contributed by atoms with Crippen LogP contribution < -0.4 is 9.47 Å². The van der Waals surface area contributed by atoms with Gasteiger partial charge in [-0.05, 0) is 30.3 Å². The van der Waals surface area contributed by atoms with Gasteiger partial charge in [0, 0.05) is 21.7 Å². The second-order valence-electron chi connectivity index (χ2n) is 4.18. The van der Waals surface area contributed by atoms with Crippen LogP contribution in [0.1, 0.15) is 17.2 Å². The van der Waals surface area contributed by atoms with Crippen molar-refractivity contribution in [1.29, 1.82) is 0 Å². The lowest BCUT2D eigenvalue weighted by atomic mass is 10.00. The first-order valence-corrected chi connectivity index (χ1v) is 6.71. The predicted molar refractivity (Wildman–Crippen MR) is 77.7 cm³/mol. The van der Waals surface area contributed by atoms with Crippen molar-refractivity contribution in [3.05, 3.63) is 57.8 Å². The normalized spacial score (nSPS) is 12.1. The zero-order chi connectivity index (χ0) is 14.7. The Bertz CT molecular complexity index is 616. The Morgan fingerprint density at radius 1 is 1.05 bits per heavy atom. The summed E-state index contributed by atoms with van der Waals surface area (Å²) >= 11 is 3.27. The maximum atomic E-state index is 13.8. The van der Waals surface area contributed by atoms with Crippen LogP contribution in [0, 0.1) is 5.82 Å². The Morgan fingerprint density at radius 3 is 2.45 bits per heavy atom. The molecule has 5 heteroatoms. The van der Waals surface area contributed by atoms with E-state index in [4.69, 9.17) is 9.47 Å². The van der Waals surface area contributed by atoms with E-state index in [2.05, 4.69) is 15.9 Å². The number of hydrogen-bond acceptors (Lipinski definition) is 3. The molecule has 0 radical (unpaired) electrons.